The standard InChI is InChI=1S/C28H48O5/c1-14(2)15(3)25(32)26(33)16(4)18-7-8-19-17-11-22(29)21-12-23(30)24(31)13-28(21,6)20(17)9-10-27(18,19)5/h14-21,23-26,30-33H,7-13H2,1-6H3/t15-,16+,17+,18-,19+,20+,21-,23?,24?,25-,26-,27-,28-/m1/s1. The van der Waals surface area contributed by atoms with E-state index >= 15 is 0 Å². The van der Waals surface area contributed by atoms with E-state index in [-0.39, 0.29) is 34.4 Å². The Bertz CT molecular complexity index is 738. The summed E-state index contributed by atoms with van der Waals surface area (Å²) in [5.41, 5.74) is -0.162. The fourth-order valence-corrected chi connectivity index (χ4v) is 9.23. The van der Waals surface area contributed by atoms with Crippen molar-refractivity contribution in [3.63, 3.8) is 0 Å². The predicted molar refractivity (Wildman–Crippen MR) is 128 cm³/mol. The van der Waals surface area contributed by atoms with Crippen molar-refractivity contribution in [3.05, 3.63) is 0 Å². The van der Waals surface area contributed by atoms with E-state index < -0.39 is 24.4 Å². The van der Waals surface area contributed by atoms with Crippen molar-refractivity contribution in [2.45, 2.75) is 111 Å². The van der Waals surface area contributed by atoms with Gasteiger partial charge < -0.3 is 20.4 Å². The van der Waals surface area contributed by atoms with Crippen LogP contribution >= 0.6 is 0 Å². The molecule has 0 radical (unpaired) electrons. The second kappa shape index (κ2) is 8.87. The first-order valence-corrected chi connectivity index (χ1v) is 13.6. The van der Waals surface area contributed by atoms with Crippen molar-refractivity contribution in [1.82, 2.24) is 0 Å². The molecule has 4 N–H and O–H groups in total. The molecule has 5 heteroatoms. The Morgan fingerprint density at radius 2 is 1.52 bits per heavy atom. The molecular formula is C28H48O5. The lowest BCUT2D eigenvalue weighted by Gasteiger charge is -2.61. The second-order valence-corrected chi connectivity index (χ2v) is 13.4. The molecule has 0 amide bonds. The van der Waals surface area contributed by atoms with E-state index in [9.17, 15) is 25.2 Å². The predicted octanol–water partition coefficient (Wildman–Crippen LogP) is 3.81. The van der Waals surface area contributed by atoms with E-state index in [0.717, 1.165) is 25.7 Å². The van der Waals surface area contributed by atoms with E-state index in [1.807, 2.05) is 6.92 Å². The minimum Gasteiger partial charge on any atom is -0.390 e. The first-order chi connectivity index (χ1) is 15.3. The molecule has 4 saturated carbocycles. The highest BCUT2D eigenvalue weighted by Gasteiger charge is 2.63. The molecule has 0 saturated heterocycles. The molecule has 4 aliphatic rings. The molecule has 0 aliphatic heterocycles. The van der Waals surface area contributed by atoms with Gasteiger partial charge in [-0.25, -0.2) is 0 Å². The molecule has 5 nitrogen and oxygen atoms in total. The third kappa shape index (κ3) is 3.93. The first-order valence-electron chi connectivity index (χ1n) is 13.6. The molecule has 0 aromatic heterocycles. The molecule has 13 atom stereocenters. The molecule has 0 aromatic carbocycles. The zero-order chi connectivity index (χ0) is 24.5. The summed E-state index contributed by atoms with van der Waals surface area (Å²) < 4.78 is 0. The van der Waals surface area contributed by atoms with Gasteiger partial charge in [0.15, 0.2) is 0 Å². The van der Waals surface area contributed by atoms with Crippen LogP contribution in [0.4, 0.5) is 0 Å². The van der Waals surface area contributed by atoms with E-state index in [1.54, 1.807) is 0 Å². The Morgan fingerprint density at radius 1 is 0.879 bits per heavy atom. The molecule has 4 rings (SSSR count). The van der Waals surface area contributed by atoms with Gasteiger partial charge in [-0.15, -0.1) is 0 Å². The van der Waals surface area contributed by atoms with Crippen molar-refractivity contribution in [2.24, 2.45) is 58.2 Å². The number of rotatable bonds is 5. The third-order valence-corrected chi connectivity index (χ3v) is 11.7. The smallest absolute Gasteiger partial charge is 0.136 e. The highest BCUT2D eigenvalue weighted by atomic mass is 16.3. The number of aliphatic hydroxyl groups is 4. The lowest BCUT2D eigenvalue weighted by molar-refractivity contribution is -0.175. The number of hydrogen-bond donors (Lipinski definition) is 4. The topological polar surface area (TPSA) is 98.0 Å². The lowest BCUT2D eigenvalue weighted by Crippen LogP contribution is -2.59. The monoisotopic (exact) mass is 464 g/mol. The number of carbonyl (C=O) groups is 1. The van der Waals surface area contributed by atoms with Crippen LogP contribution in [0, 0.1) is 58.2 Å². The van der Waals surface area contributed by atoms with Crippen LogP contribution in [0.15, 0.2) is 0 Å². The summed E-state index contributed by atoms with van der Waals surface area (Å²) in [6.45, 7) is 12.9. The SMILES string of the molecule is CC(C)[C@@H](C)[C@@H](O)[C@H](O)[C@@H](C)[C@H]1CC[C@H]2[C@@H]3CC(=O)[C@H]4CC(O)C(O)C[C@]4(C)[C@H]3CC[C@]12C. The van der Waals surface area contributed by atoms with Gasteiger partial charge in [0.05, 0.1) is 24.4 Å². The maximum Gasteiger partial charge on any atom is 0.136 e. The second-order valence-electron chi connectivity index (χ2n) is 13.4. The zero-order valence-corrected chi connectivity index (χ0v) is 21.6. The summed E-state index contributed by atoms with van der Waals surface area (Å²) in [4.78, 5) is 13.3. The summed E-state index contributed by atoms with van der Waals surface area (Å²) in [7, 11) is 0. The molecule has 0 spiro atoms. The Kier molecular flexibility index (Phi) is 6.88. The Labute approximate surface area is 200 Å². The highest BCUT2D eigenvalue weighted by Crippen LogP contribution is 2.67. The third-order valence-electron chi connectivity index (χ3n) is 11.7. The van der Waals surface area contributed by atoms with Gasteiger partial charge in [0.1, 0.15) is 5.78 Å². The number of ketones is 1. The average Bonchev–Trinajstić information content (AvgIpc) is 3.10. The van der Waals surface area contributed by atoms with Gasteiger partial charge in [0.25, 0.3) is 0 Å². The average molecular weight is 465 g/mol. The lowest BCUT2D eigenvalue weighted by atomic mass is 9.44. The van der Waals surface area contributed by atoms with Crippen LogP contribution in [0.2, 0.25) is 0 Å². The number of hydrogen-bond acceptors (Lipinski definition) is 5. The summed E-state index contributed by atoms with van der Waals surface area (Å²) in [6, 6.07) is 0. The van der Waals surface area contributed by atoms with Gasteiger partial charge in [0, 0.05) is 12.3 Å². The van der Waals surface area contributed by atoms with Crippen LogP contribution in [-0.4, -0.2) is 50.6 Å². The van der Waals surface area contributed by atoms with Crippen LogP contribution < -0.4 is 0 Å². The molecule has 2 unspecified atom stereocenters. The van der Waals surface area contributed by atoms with Crippen LogP contribution in [0.25, 0.3) is 0 Å². The van der Waals surface area contributed by atoms with Crippen LogP contribution in [0.5, 0.6) is 0 Å². The van der Waals surface area contributed by atoms with Crippen LogP contribution in [0.1, 0.15) is 86.5 Å². The molecule has 4 fully saturated rings. The number of carbonyl (C=O) groups excluding carboxylic acids is 1. The van der Waals surface area contributed by atoms with Gasteiger partial charge >= 0.3 is 0 Å². The highest BCUT2D eigenvalue weighted by molar-refractivity contribution is 5.83. The van der Waals surface area contributed by atoms with Crippen molar-refractivity contribution < 1.29 is 25.2 Å². The number of Topliss-reactive ketones (excluding diaryl/α,β-unsaturated/α-hetero) is 1. The molecule has 190 valence electrons. The minimum absolute atomic E-state index is 0.0158. The van der Waals surface area contributed by atoms with Crippen LogP contribution in [0.3, 0.4) is 0 Å². The summed E-state index contributed by atoms with van der Waals surface area (Å²) in [5.74, 6) is 2.05. The number of fused-ring (bicyclic) bond motifs is 5. The van der Waals surface area contributed by atoms with Gasteiger partial charge in [-0.2, -0.15) is 0 Å². The molecule has 0 heterocycles. The Hall–Kier alpha value is -0.490. The Morgan fingerprint density at radius 3 is 2.15 bits per heavy atom. The quantitative estimate of drug-likeness (QED) is 0.496. The van der Waals surface area contributed by atoms with Gasteiger partial charge in [-0.3, -0.25) is 4.79 Å². The maximum absolute atomic E-state index is 13.3. The van der Waals surface area contributed by atoms with Gasteiger partial charge in [-0.05, 0) is 90.8 Å². The maximum atomic E-state index is 13.3. The van der Waals surface area contributed by atoms with Crippen molar-refractivity contribution in [1.29, 1.82) is 0 Å². The fraction of sp³-hybridized carbons (Fsp3) is 0.964. The Balaban J connectivity index is 1.56. The first kappa shape index (κ1) is 25.6. The van der Waals surface area contributed by atoms with E-state index in [4.69, 9.17) is 0 Å². The van der Waals surface area contributed by atoms with Crippen LogP contribution in [-0.2, 0) is 4.79 Å². The molecule has 33 heavy (non-hydrogen) atoms. The molecule has 0 aromatic rings. The number of aliphatic hydroxyl groups excluding tert-OH is 4. The fourth-order valence-electron chi connectivity index (χ4n) is 9.23. The summed E-state index contributed by atoms with van der Waals surface area (Å²) in [5, 5.41) is 42.8. The molecule has 4 aliphatic carbocycles. The van der Waals surface area contributed by atoms with Gasteiger partial charge in [0.2, 0.25) is 0 Å². The van der Waals surface area contributed by atoms with E-state index in [2.05, 4.69) is 34.6 Å². The van der Waals surface area contributed by atoms with Gasteiger partial charge in [-0.1, -0.05) is 41.5 Å². The summed E-state index contributed by atoms with van der Waals surface area (Å²) in [6.07, 6.45) is 2.80. The van der Waals surface area contributed by atoms with E-state index in [1.165, 1.54) is 0 Å². The van der Waals surface area contributed by atoms with E-state index in [0.29, 0.717) is 48.9 Å². The summed E-state index contributed by atoms with van der Waals surface area (Å²) >= 11 is 0. The minimum atomic E-state index is -0.782. The molecular weight excluding hydrogens is 416 g/mol. The normalized spacial score (nSPS) is 49.1. The molecule has 0 bridgehead atoms. The van der Waals surface area contributed by atoms with Crippen molar-refractivity contribution >= 4 is 5.78 Å². The zero-order valence-electron chi connectivity index (χ0n) is 21.6. The largest absolute Gasteiger partial charge is 0.390 e. The van der Waals surface area contributed by atoms with Crippen molar-refractivity contribution in [3.8, 4) is 0 Å². The van der Waals surface area contributed by atoms with Crippen molar-refractivity contribution in [2.75, 3.05) is 0 Å².